The SMILES string of the molecule is COc1cccc(NC(=O)[C@H]2CC(=O)N(c3cccc4ccccc34)C2)c1. The highest BCUT2D eigenvalue weighted by Gasteiger charge is 2.35. The van der Waals surface area contributed by atoms with Gasteiger partial charge in [0.25, 0.3) is 0 Å². The summed E-state index contributed by atoms with van der Waals surface area (Å²) in [6.45, 7) is 0.378. The molecule has 5 heteroatoms. The zero-order valence-corrected chi connectivity index (χ0v) is 15.0. The monoisotopic (exact) mass is 360 g/mol. The van der Waals surface area contributed by atoms with Gasteiger partial charge < -0.3 is 15.0 Å². The summed E-state index contributed by atoms with van der Waals surface area (Å²) in [5.41, 5.74) is 1.52. The minimum atomic E-state index is -0.386. The average Bonchev–Trinajstić information content (AvgIpc) is 3.09. The van der Waals surface area contributed by atoms with Crippen LogP contribution in [-0.2, 0) is 9.59 Å². The molecule has 1 atom stereocenters. The molecule has 0 spiro atoms. The smallest absolute Gasteiger partial charge is 0.229 e. The Kier molecular flexibility index (Phi) is 4.50. The van der Waals surface area contributed by atoms with E-state index in [0.717, 1.165) is 16.5 Å². The van der Waals surface area contributed by atoms with Gasteiger partial charge in [0, 0.05) is 30.1 Å². The molecule has 1 fully saturated rings. The number of amides is 2. The molecule has 27 heavy (non-hydrogen) atoms. The number of ether oxygens (including phenoxy) is 1. The van der Waals surface area contributed by atoms with Gasteiger partial charge in [0.15, 0.2) is 0 Å². The van der Waals surface area contributed by atoms with Gasteiger partial charge in [-0.05, 0) is 23.6 Å². The lowest BCUT2D eigenvalue weighted by atomic mass is 10.1. The highest BCUT2D eigenvalue weighted by atomic mass is 16.5. The molecule has 1 N–H and O–H groups in total. The van der Waals surface area contributed by atoms with Gasteiger partial charge in [-0.3, -0.25) is 9.59 Å². The molecule has 0 unspecified atom stereocenters. The summed E-state index contributed by atoms with van der Waals surface area (Å²) in [6, 6.07) is 21.0. The van der Waals surface area contributed by atoms with Crippen molar-refractivity contribution in [1.82, 2.24) is 0 Å². The van der Waals surface area contributed by atoms with E-state index in [2.05, 4.69) is 5.32 Å². The highest BCUT2D eigenvalue weighted by molar-refractivity contribution is 6.08. The summed E-state index contributed by atoms with van der Waals surface area (Å²) >= 11 is 0. The molecule has 2 amide bonds. The molecule has 136 valence electrons. The minimum Gasteiger partial charge on any atom is -0.497 e. The van der Waals surface area contributed by atoms with Crippen molar-refractivity contribution in [1.29, 1.82) is 0 Å². The van der Waals surface area contributed by atoms with Crippen LogP contribution in [0.1, 0.15) is 6.42 Å². The number of carbonyl (C=O) groups excluding carboxylic acids is 2. The molecule has 5 nitrogen and oxygen atoms in total. The molecular weight excluding hydrogens is 340 g/mol. The maximum atomic E-state index is 12.7. The Morgan fingerprint density at radius 2 is 1.85 bits per heavy atom. The molecule has 1 aliphatic heterocycles. The third-order valence-electron chi connectivity index (χ3n) is 4.89. The second-order valence-corrected chi connectivity index (χ2v) is 6.62. The van der Waals surface area contributed by atoms with E-state index in [9.17, 15) is 9.59 Å². The van der Waals surface area contributed by atoms with E-state index in [-0.39, 0.29) is 24.2 Å². The first-order chi connectivity index (χ1) is 13.2. The first kappa shape index (κ1) is 17.1. The van der Waals surface area contributed by atoms with E-state index in [4.69, 9.17) is 4.74 Å². The van der Waals surface area contributed by atoms with E-state index in [1.807, 2.05) is 54.6 Å². The van der Waals surface area contributed by atoms with Crippen LogP contribution in [0.15, 0.2) is 66.7 Å². The Morgan fingerprint density at radius 1 is 1.07 bits per heavy atom. The van der Waals surface area contributed by atoms with Gasteiger partial charge in [-0.15, -0.1) is 0 Å². The van der Waals surface area contributed by atoms with E-state index in [1.165, 1.54) is 0 Å². The zero-order chi connectivity index (χ0) is 18.8. The number of nitrogens with one attached hydrogen (secondary N) is 1. The van der Waals surface area contributed by atoms with E-state index >= 15 is 0 Å². The Labute approximate surface area is 157 Å². The molecule has 0 aromatic heterocycles. The first-order valence-electron chi connectivity index (χ1n) is 8.89. The maximum Gasteiger partial charge on any atom is 0.229 e. The van der Waals surface area contributed by atoms with Gasteiger partial charge in [0.05, 0.1) is 18.7 Å². The summed E-state index contributed by atoms with van der Waals surface area (Å²) in [6.07, 6.45) is 0.207. The number of fused-ring (bicyclic) bond motifs is 1. The van der Waals surface area contributed by atoms with Crippen molar-refractivity contribution in [2.24, 2.45) is 5.92 Å². The van der Waals surface area contributed by atoms with E-state index in [1.54, 1.807) is 24.1 Å². The summed E-state index contributed by atoms with van der Waals surface area (Å²) in [5.74, 6) is 0.104. The van der Waals surface area contributed by atoms with Crippen molar-refractivity contribution in [3.63, 3.8) is 0 Å². The number of hydrogen-bond acceptors (Lipinski definition) is 3. The van der Waals surface area contributed by atoms with Gasteiger partial charge in [0.2, 0.25) is 11.8 Å². The highest BCUT2D eigenvalue weighted by Crippen LogP contribution is 2.32. The fourth-order valence-electron chi connectivity index (χ4n) is 3.50. The van der Waals surface area contributed by atoms with Crippen molar-refractivity contribution in [3.8, 4) is 5.75 Å². The molecule has 0 aliphatic carbocycles. The molecule has 4 rings (SSSR count). The van der Waals surface area contributed by atoms with Crippen LogP contribution in [0.25, 0.3) is 10.8 Å². The second-order valence-electron chi connectivity index (χ2n) is 6.62. The molecular formula is C22H20N2O3. The van der Waals surface area contributed by atoms with Crippen LogP contribution < -0.4 is 15.0 Å². The molecule has 1 aliphatic rings. The standard InChI is InChI=1S/C22H20N2O3/c1-27-18-9-5-8-17(13-18)23-22(26)16-12-21(25)24(14-16)20-11-4-7-15-6-2-3-10-19(15)20/h2-11,13,16H,12,14H2,1H3,(H,23,26)/t16-/m0/s1. The Balaban J connectivity index is 1.54. The fourth-order valence-corrected chi connectivity index (χ4v) is 3.50. The molecule has 3 aromatic carbocycles. The molecule has 1 heterocycles. The molecule has 3 aromatic rings. The van der Waals surface area contributed by atoms with Crippen LogP contribution in [-0.4, -0.2) is 25.5 Å². The number of benzene rings is 3. The van der Waals surface area contributed by atoms with Crippen LogP contribution in [0.3, 0.4) is 0 Å². The van der Waals surface area contributed by atoms with Gasteiger partial charge in [-0.25, -0.2) is 0 Å². The van der Waals surface area contributed by atoms with Crippen LogP contribution >= 0.6 is 0 Å². The number of hydrogen-bond donors (Lipinski definition) is 1. The van der Waals surface area contributed by atoms with E-state index < -0.39 is 0 Å². The average molecular weight is 360 g/mol. The van der Waals surface area contributed by atoms with Crippen LogP contribution in [0.4, 0.5) is 11.4 Å². The number of anilines is 2. The van der Waals surface area contributed by atoms with E-state index in [0.29, 0.717) is 18.0 Å². The minimum absolute atomic E-state index is 0.0304. The number of carbonyl (C=O) groups is 2. The first-order valence-corrected chi connectivity index (χ1v) is 8.89. The van der Waals surface area contributed by atoms with Crippen molar-refractivity contribution < 1.29 is 14.3 Å². The molecule has 0 radical (unpaired) electrons. The lowest BCUT2D eigenvalue weighted by molar-refractivity contribution is -0.122. The third kappa shape index (κ3) is 3.36. The lowest BCUT2D eigenvalue weighted by Crippen LogP contribution is -2.28. The topological polar surface area (TPSA) is 58.6 Å². The van der Waals surface area contributed by atoms with Crippen molar-refractivity contribution >= 4 is 34.0 Å². The second kappa shape index (κ2) is 7.11. The quantitative estimate of drug-likeness (QED) is 0.769. The fraction of sp³-hybridized carbons (Fsp3) is 0.182. The Hall–Kier alpha value is -3.34. The molecule has 0 saturated carbocycles. The lowest BCUT2D eigenvalue weighted by Gasteiger charge is -2.19. The number of nitrogens with zero attached hydrogens (tertiary/aromatic N) is 1. The normalized spacial score (nSPS) is 16.6. The van der Waals surface area contributed by atoms with Gasteiger partial charge in [-0.2, -0.15) is 0 Å². The van der Waals surface area contributed by atoms with Gasteiger partial charge in [-0.1, -0.05) is 42.5 Å². The zero-order valence-electron chi connectivity index (χ0n) is 15.0. The summed E-state index contributed by atoms with van der Waals surface area (Å²) in [5, 5.41) is 4.98. The predicted molar refractivity (Wildman–Crippen MR) is 106 cm³/mol. The number of rotatable bonds is 4. The largest absolute Gasteiger partial charge is 0.497 e. The molecule has 0 bridgehead atoms. The van der Waals surface area contributed by atoms with Crippen LogP contribution in [0.2, 0.25) is 0 Å². The van der Waals surface area contributed by atoms with Crippen LogP contribution in [0, 0.1) is 5.92 Å². The Bertz CT molecular complexity index is 1010. The van der Waals surface area contributed by atoms with Crippen molar-refractivity contribution in [2.45, 2.75) is 6.42 Å². The maximum absolute atomic E-state index is 12.7. The van der Waals surface area contributed by atoms with Crippen molar-refractivity contribution in [2.75, 3.05) is 23.9 Å². The van der Waals surface area contributed by atoms with Gasteiger partial charge >= 0.3 is 0 Å². The third-order valence-corrected chi connectivity index (χ3v) is 4.89. The predicted octanol–water partition coefficient (Wildman–Crippen LogP) is 3.84. The summed E-state index contributed by atoms with van der Waals surface area (Å²) in [4.78, 5) is 27.0. The Morgan fingerprint density at radius 3 is 2.70 bits per heavy atom. The number of methoxy groups -OCH3 is 1. The van der Waals surface area contributed by atoms with Crippen LogP contribution in [0.5, 0.6) is 5.75 Å². The molecule has 1 saturated heterocycles. The summed E-state index contributed by atoms with van der Waals surface area (Å²) < 4.78 is 5.18. The van der Waals surface area contributed by atoms with Crippen molar-refractivity contribution in [3.05, 3.63) is 66.7 Å². The summed E-state index contributed by atoms with van der Waals surface area (Å²) in [7, 11) is 1.58. The van der Waals surface area contributed by atoms with Gasteiger partial charge in [0.1, 0.15) is 5.75 Å².